The first kappa shape index (κ1) is 20.4. The lowest BCUT2D eigenvalue weighted by Gasteiger charge is -2.37. The van der Waals surface area contributed by atoms with Gasteiger partial charge in [-0.25, -0.2) is 0 Å². The summed E-state index contributed by atoms with van der Waals surface area (Å²) in [5.74, 6) is 0.519. The number of benzene rings is 1. The summed E-state index contributed by atoms with van der Waals surface area (Å²) in [4.78, 5) is 29.1. The molecule has 1 aliphatic rings. The van der Waals surface area contributed by atoms with Gasteiger partial charge in [-0.3, -0.25) is 14.3 Å². The fourth-order valence-corrected chi connectivity index (χ4v) is 3.66. The Morgan fingerprint density at radius 1 is 1.21 bits per heavy atom. The summed E-state index contributed by atoms with van der Waals surface area (Å²) in [5, 5.41) is 16.7. The lowest BCUT2D eigenvalue weighted by molar-refractivity contribution is -0.136. The average Bonchev–Trinajstić information content (AvgIpc) is 3.04. The Morgan fingerprint density at radius 3 is 2.45 bits per heavy atom. The first-order valence-corrected chi connectivity index (χ1v) is 9.78. The van der Waals surface area contributed by atoms with Gasteiger partial charge in [-0.15, -0.1) is 0 Å². The van der Waals surface area contributed by atoms with Gasteiger partial charge in [-0.05, 0) is 12.5 Å². The molecule has 2 aromatic rings. The highest BCUT2D eigenvalue weighted by atomic mass is 16.2. The van der Waals surface area contributed by atoms with Gasteiger partial charge in [0, 0.05) is 39.6 Å². The van der Waals surface area contributed by atoms with E-state index in [0.717, 1.165) is 11.4 Å². The Balaban J connectivity index is 1.74. The molecule has 8 heteroatoms. The highest BCUT2D eigenvalue weighted by molar-refractivity contribution is 5.88. The van der Waals surface area contributed by atoms with Crippen LogP contribution in [0.5, 0.6) is 0 Å². The van der Waals surface area contributed by atoms with Gasteiger partial charge in [0.1, 0.15) is 23.5 Å². The first-order valence-electron chi connectivity index (χ1n) is 9.78. The number of nitrogens with one attached hydrogen (secondary N) is 1. The molecule has 2 heterocycles. The molecular formula is C21H26N6O2. The molecule has 0 aliphatic carbocycles. The van der Waals surface area contributed by atoms with Crippen LogP contribution in [0.15, 0.2) is 30.3 Å². The maximum absolute atomic E-state index is 13.2. The molecule has 29 heavy (non-hydrogen) atoms. The maximum atomic E-state index is 13.2. The van der Waals surface area contributed by atoms with Crippen molar-refractivity contribution in [2.75, 3.05) is 31.1 Å². The Morgan fingerprint density at radius 2 is 1.86 bits per heavy atom. The van der Waals surface area contributed by atoms with E-state index in [0.29, 0.717) is 43.9 Å². The van der Waals surface area contributed by atoms with Crippen molar-refractivity contribution in [1.29, 1.82) is 5.26 Å². The number of aryl methyl sites for hydroxylation is 2. The third kappa shape index (κ3) is 4.24. The Hall–Kier alpha value is -3.34. The summed E-state index contributed by atoms with van der Waals surface area (Å²) in [6, 6.07) is 10.9. The van der Waals surface area contributed by atoms with Crippen LogP contribution in [0.1, 0.15) is 36.2 Å². The van der Waals surface area contributed by atoms with Crippen molar-refractivity contribution in [3.05, 3.63) is 47.2 Å². The quantitative estimate of drug-likeness (QED) is 0.830. The van der Waals surface area contributed by atoms with Crippen molar-refractivity contribution in [2.45, 2.75) is 26.3 Å². The van der Waals surface area contributed by atoms with Crippen LogP contribution in [0.4, 0.5) is 5.82 Å². The molecule has 3 rings (SSSR count). The van der Waals surface area contributed by atoms with Gasteiger partial charge in [-0.1, -0.05) is 37.3 Å². The molecule has 0 radical (unpaired) electrons. The monoisotopic (exact) mass is 394 g/mol. The number of anilines is 1. The molecule has 0 saturated carbocycles. The van der Waals surface area contributed by atoms with Crippen LogP contribution in [-0.4, -0.2) is 52.7 Å². The zero-order chi connectivity index (χ0) is 21.0. The molecule has 8 nitrogen and oxygen atoms in total. The number of hydrogen-bond donors (Lipinski definition) is 1. The summed E-state index contributed by atoms with van der Waals surface area (Å²) in [7, 11) is 1.83. The Kier molecular flexibility index (Phi) is 6.17. The molecule has 0 spiro atoms. The Bertz CT molecular complexity index is 923. The van der Waals surface area contributed by atoms with Crippen molar-refractivity contribution >= 4 is 17.6 Å². The summed E-state index contributed by atoms with van der Waals surface area (Å²) in [5.41, 5.74) is 2.05. The second kappa shape index (κ2) is 8.78. The highest BCUT2D eigenvalue weighted by Crippen LogP contribution is 2.24. The minimum atomic E-state index is -0.691. The molecule has 1 aromatic heterocycles. The number of nitrogens with zero attached hydrogens (tertiary/aromatic N) is 5. The second-order valence-electron chi connectivity index (χ2n) is 7.10. The summed E-state index contributed by atoms with van der Waals surface area (Å²) >= 11 is 0. The first-order chi connectivity index (χ1) is 14.0. The third-order valence-corrected chi connectivity index (χ3v) is 5.20. The van der Waals surface area contributed by atoms with Gasteiger partial charge in [0.05, 0.1) is 5.69 Å². The summed E-state index contributed by atoms with van der Waals surface area (Å²) in [6.07, 6.45) is 0.321. The van der Waals surface area contributed by atoms with E-state index >= 15 is 0 Å². The fourth-order valence-electron chi connectivity index (χ4n) is 3.66. The molecule has 1 saturated heterocycles. The minimum Gasteiger partial charge on any atom is -0.352 e. The van der Waals surface area contributed by atoms with Crippen LogP contribution in [-0.2, 0) is 16.6 Å². The topological polar surface area (TPSA) is 94.3 Å². The lowest BCUT2D eigenvalue weighted by atomic mass is 10.0. The van der Waals surface area contributed by atoms with E-state index in [1.807, 2.05) is 44.3 Å². The largest absolute Gasteiger partial charge is 0.352 e. The van der Waals surface area contributed by atoms with E-state index in [1.54, 1.807) is 16.5 Å². The van der Waals surface area contributed by atoms with E-state index in [2.05, 4.69) is 21.4 Å². The van der Waals surface area contributed by atoms with Crippen molar-refractivity contribution in [3.63, 3.8) is 0 Å². The summed E-state index contributed by atoms with van der Waals surface area (Å²) < 4.78 is 1.72. The molecule has 1 unspecified atom stereocenters. The van der Waals surface area contributed by atoms with Crippen LogP contribution in [0, 0.1) is 18.3 Å². The lowest BCUT2D eigenvalue weighted by Crippen LogP contribution is -2.52. The van der Waals surface area contributed by atoms with E-state index in [-0.39, 0.29) is 11.8 Å². The van der Waals surface area contributed by atoms with E-state index in [9.17, 15) is 14.9 Å². The smallest absolute Gasteiger partial charge is 0.249 e. The molecule has 152 valence electrons. The van der Waals surface area contributed by atoms with Gasteiger partial charge in [0.15, 0.2) is 0 Å². The van der Waals surface area contributed by atoms with Gasteiger partial charge >= 0.3 is 0 Å². The minimum absolute atomic E-state index is 0.112. The predicted octanol–water partition coefficient (Wildman–Crippen LogP) is 1.52. The number of carbonyl (C=O) groups is 2. The molecule has 0 bridgehead atoms. The van der Waals surface area contributed by atoms with Crippen molar-refractivity contribution in [3.8, 4) is 6.07 Å². The van der Waals surface area contributed by atoms with Crippen molar-refractivity contribution < 1.29 is 9.59 Å². The SMILES string of the molecule is CCC(=O)NC(C(=O)N1CCN(c2c(C#N)c(C)nn2C)CC1)c1ccccc1. The highest BCUT2D eigenvalue weighted by Gasteiger charge is 2.31. The Labute approximate surface area is 170 Å². The number of nitriles is 1. The third-order valence-electron chi connectivity index (χ3n) is 5.20. The molecule has 1 aliphatic heterocycles. The van der Waals surface area contributed by atoms with Crippen LogP contribution < -0.4 is 10.2 Å². The zero-order valence-electron chi connectivity index (χ0n) is 17.1. The summed E-state index contributed by atoms with van der Waals surface area (Å²) in [6.45, 7) is 5.82. The molecule has 1 N–H and O–H groups in total. The molecule has 1 aromatic carbocycles. The number of piperazine rings is 1. The maximum Gasteiger partial charge on any atom is 0.249 e. The van der Waals surface area contributed by atoms with E-state index in [4.69, 9.17) is 0 Å². The second-order valence-corrected chi connectivity index (χ2v) is 7.10. The predicted molar refractivity (Wildman–Crippen MR) is 109 cm³/mol. The molecule has 1 atom stereocenters. The molecular weight excluding hydrogens is 368 g/mol. The molecule has 1 fully saturated rings. The van der Waals surface area contributed by atoms with Gasteiger partial charge in [0.2, 0.25) is 11.8 Å². The van der Waals surface area contributed by atoms with Crippen LogP contribution >= 0.6 is 0 Å². The van der Waals surface area contributed by atoms with Crippen molar-refractivity contribution in [1.82, 2.24) is 20.0 Å². The standard InChI is InChI=1S/C21H26N6O2/c1-4-18(28)23-19(16-8-6-5-7-9-16)21(29)27-12-10-26(11-13-27)20-17(14-22)15(2)24-25(20)3/h5-9,19H,4,10-13H2,1-3H3,(H,23,28). The number of carbonyl (C=O) groups excluding carboxylic acids is 2. The average molecular weight is 394 g/mol. The van der Waals surface area contributed by atoms with Crippen molar-refractivity contribution in [2.24, 2.45) is 7.05 Å². The van der Waals surface area contributed by atoms with Crippen LogP contribution in [0.3, 0.4) is 0 Å². The molecule has 2 amide bonds. The van der Waals surface area contributed by atoms with Gasteiger partial charge in [0.25, 0.3) is 0 Å². The number of rotatable bonds is 5. The number of aromatic nitrogens is 2. The van der Waals surface area contributed by atoms with E-state index in [1.165, 1.54) is 0 Å². The van der Waals surface area contributed by atoms with E-state index < -0.39 is 6.04 Å². The fraction of sp³-hybridized carbons (Fsp3) is 0.429. The zero-order valence-corrected chi connectivity index (χ0v) is 17.1. The van der Waals surface area contributed by atoms with Crippen LogP contribution in [0.2, 0.25) is 0 Å². The van der Waals surface area contributed by atoms with Gasteiger partial charge < -0.3 is 15.1 Å². The number of hydrogen-bond acceptors (Lipinski definition) is 5. The van der Waals surface area contributed by atoms with Crippen LogP contribution in [0.25, 0.3) is 0 Å². The normalized spacial score (nSPS) is 15.0. The van der Waals surface area contributed by atoms with Gasteiger partial charge in [-0.2, -0.15) is 10.4 Å². The number of amides is 2.